The van der Waals surface area contributed by atoms with E-state index in [-0.39, 0.29) is 12.5 Å². The topological polar surface area (TPSA) is 103 Å². The van der Waals surface area contributed by atoms with E-state index in [9.17, 15) is 14.7 Å². The summed E-state index contributed by atoms with van der Waals surface area (Å²) in [7, 11) is 1.41. The van der Waals surface area contributed by atoms with E-state index in [0.717, 1.165) is 5.56 Å². The van der Waals surface area contributed by atoms with Crippen LogP contribution in [0.2, 0.25) is 0 Å². The molecule has 1 fully saturated rings. The quantitative estimate of drug-likeness (QED) is 0.615. The maximum absolute atomic E-state index is 12.6. The van der Waals surface area contributed by atoms with E-state index in [1.807, 2.05) is 30.3 Å². The molecule has 1 aliphatic rings. The highest BCUT2D eigenvalue weighted by Gasteiger charge is 2.48. The van der Waals surface area contributed by atoms with Gasteiger partial charge in [0.15, 0.2) is 12.4 Å². The highest BCUT2D eigenvalue weighted by Crippen LogP contribution is 2.26. The Balaban J connectivity index is 1.73. The molecule has 3 rings (SSSR count). The van der Waals surface area contributed by atoms with Crippen LogP contribution >= 0.6 is 0 Å². The van der Waals surface area contributed by atoms with E-state index < -0.39 is 36.6 Å². The summed E-state index contributed by atoms with van der Waals surface area (Å²) in [5.41, 5.74) is 1.30. The van der Waals surface area contributed by atoms with Gasteiger partial charge in [-0.1, -0.05) is 48.5 Å². The zero-order valence-corrected chi connectivity index (χ0v) is 17.5. The predicted molar refractivity (Wildman–Crippen MR) is 111 cm³/mol. The molecule has 8 heteroatoms. The predicted octanol–water partition coefficient (Wildman–Crippen LogP) is 1.67. The van der Waals surface area contributed by atoms with Gasteiger partial charge in [0.1, 0.15) is 18.2 Å². The molecule has 1 aliphatic heterocycles. The van der Waals surface area contributed by atoms with Crippen LogP contribution in [0, 0.1) is 0 Å². The molecule has 2 N–H and O–H groups in total. The standard InChI is InChI=1S/C23H27NO7/c1-15(25)24-19-21(31-22(27)17-11-7-4-8-12-17)20(26)18(30-23(19)28-2)14-29-13-16-9-5-3-6-10-16/h3-12,18-21,23,26H,13-14H2,1-2H3,(H,24,25)/t18-,19-,20-,21-,23-/m1/s1. The summed E-state index contributed by atoms with van der Waals surface area (Å²) in [6, 6.07) is 17.1. The Kier molecular flexibility index (Phi) is 8.13. The molecule has 0 spiro atoms. The van der Waals surface area contributed by atoms with E-state index in [1.165, 1.54) is 14.0 Å². The van der Waals surface area contributed by atoms with Gasteiger partial charge in [0.25, 0.3) is 0 Å². The fourth-order valence-electron chi connectivity index (χ4n) is 3.42. The minimum absolute atomic E-state index is 0.0437. The van der Waals surface area contributed by atoms with E-state index in [0.29, 0.717) is 12.2 Å². The molecular formula is C23H27NO7. The highest BCUT2D eigenvalue weighted by atomic mass is 16.7. The molecule has 0 radical (unpaired) electrons. The molecule has 2 aromatic carbocycles. The number of benzene rings is 2. The van der Waals surface area contributed by atoms with Crippen molar-refractivity contribution >= 4 is 11.9 Å². The average molecular weight is 429 g/mol. The van der Waals surface area contributed by atoms with Crippen LogP contribution in [0.15, 0.2) is 60.7 Å². The first-order valence-electron chi connectivity index (χ1n) is 10.0. The summed E-state index contributed by atoms with van der Waals surface area (Å²) >= 11 is 0. The van der Waals surface area contributed by atoms with Crippen molar-refractivity contribution in [2.24, 2.45) is 0 Å². The normalized spacial score (nSPS) is 25.6. The SMILES string of the molecule is CO[C@@H]1O[C@H](COCc2ccccc2)[C@@H](O)[C@H](OC(=O)c2ccccc2)[C@H]1NC(C)=O. The first kappa shape index (κ1) is 22.9. The van der Waals surface area contributed by atoms with Gasteiger partial charge in [0, 0.05) is 14.0 Å². The molecule has 5 atom stereocenters. The van der Waals surface area contributed by atoms with Crippen molar-refractivity contribution in [2.75, 3.05) is 13.7 Å². The lowest BCUT2D eigenvalue weighted by molar-refractivity contribution is -0.265. The number of esters is 1. The number of carbonyl (C=O) groups excluding carboxylic acids is 2. The second kappa shape index (κ2) is 11.0. The Morgan fingerprint density at radius 1 is 1.06 bits per heavy atom. The van der Waals surface area contributed by atoms with Gasteiger partial charge >= 0.3 is 5.97 Å². The van der Waals surface area contributed by atoms with Crippen molar-refractivity contribution in [1.82, 2.24) is 5.32 Å². The minimum atomic E-state index is -1.24. The first-order chi connectivity index (χ1) is 15.0. The second-order valence-electron chi connectivity index (χ2n) is 7.23. The molecule has 166 valence electrons. The Bertz CT molecular complexity index is 846. The van der Waals surface area contributed by atoms with Crippen molar-refractivity contribution in [3.05, 3.63) is 71.8 Å². The van der Waals surface area contributed by atoms with Gasteiger partial charge in [0.2, 0.25) is 5.91 Å². The maximum Gasteiger partial charge on any atom is 0.338 e. The monoisotopic (exact) mass is 429 g/mol. The Labute approximate surface area is 181 Å². The number of hydrogen-bond donors (Lipinski definition) is 2. The van der Waals surface area contributed by atoms with Gasteiger partial charge in [-0.05, 0) is 17.7 Å². The molecule has 2 aromatic rings. The van der Waals surface area contributed by atoms with E-state index in [1.54, 1.807) is 30.3 Å². The minimum Gasteiger partial charge on any atom is -0.453 e. The molecule has 1 amide bonds. The third-order valence-electron chi connectivity index (χ3n) is 4.92. The van der Waals surface area contributed by atoms with Crippen LogP contribution in [0.25, 0.3) is 0 Å². The summed E-state index contributed by atoms with van der Waals surface area (Å²) in [6.07, 6.45) is -4.11. The van der Waals surface area contributed by atoms with Gasteiger partial charge in [-0.2, -0.15) is 0 Å². The Morgan fingerprint density at radius 2 is 1.71 bits per heavy atom. The summed E-state index contributed by atoms with van der Waals surface area (Å²) in [5.74, 6) is -0.997. The largest absolute Gasteiger partial charge is 0.453 e. The fourth-order valence-corrected chi connectivity index (χ4v) is 3.42. The van der Waals surface area contributed by atoms with Crippen LogP contribution in [0.5, 0.6) is 0 Å². The number of hydrogen-bond acceptors (Lipinski definition) is 7. The molecule has 1 saturated heterocycles. The molecule has 31 heavy (non-hydrogen) atoms. The number of rotatable bonds is 8. The van der Waals surface area contributed by atoms with Crippen molar-refractivity contribution in [2.45, 2.75) is 44.2 Å². The molecule has 0 unspecified atom stereocenters. The van der Waals surface area contributed by atoms with E-state index in [4.69, 9.17) is 18.9 Å². The summed E-state index contributed by atoms with van der Waals surface area (Å²) in [5, 5.41) is 13.6. The van der Waals surface area contributed by atoms with Gasteiger partial charge in [0.05, 0.1) is 18.8 Å². The fraction of sp³-hybridized carbons (Fsp3) is 0.391. The highest BCUT2D eigenvalue weighted by molar-refractivity contribution is 5.89. The number of amides is 1. The van der Waals surface area contributed by atoms with Crippen molar-refractivity contribution in [3.8, 4) is 0 Å². The molecular weight excluding hydrogens is 402 g/mol. The lowest BCUT2D eigenvalue weighted by Crippen LogP contribution is -2.65. The van der Waals surface area contributed by atoms with Crippen LogP contribution in [0.3, 0.4) is 0 Å². The zero-order chi connectivity index (χ0) is 22.2. The maximum atomic E-state index is 12.6. The number of aliphatic hydroxyl groups is 1. The second-order valence-corrected chi connectivity index (χ2v) is 7.23. The van der Waals surface area contributed by atoms with Crippen LogP contribution < -0.4 is 5.32 Å². The van der Waals surface area contributed by atoms with E-state index >= 15 is 0 Å². The van der Waals surface area contributed by atoms with Crippen molar-refractivity contribution < 1.29 is 33.6 Å². The first-order valence-corrected chi connectivity index (χ1v) is 10.0. The number of aliphatic hydroxyl groups excluding tert-OH is 1. The third-order valence-corrected chi connectivity index (χ3v) is 4.92. The Hall–Kier alpha value is -2.78. The third kappa shape index (κ3) is 6.11. The number of carbonyl (C=O) groups is 2. The van der Waals surface area contributed by atoms with Crippen LogP contribution in [-0.2, 0) is 30.3 Å². The average Bonchev–Trinajstić information content (AvgIpc) is 2.78. The summed E-state index contributed by atoms with van der Waals surface area (Å²) in [4.78, 5) is 24.4. The summed E-state index contributed by atoms with van der Waals surface area (Å²) < 4.78 is 22.5. The molecule has 0 aromatic heterocycles. The van der Waals surface area contributed by atoms with Crippen molar-refractivity contribution in [3.63, 3.8) is 0 Å². The number of nitrogens with one attached hydrogen (secondary N) is 1. The van der Waals surface area contributed by atoms with Gasteiger partial charge in [-0.3, -0.25) is 4.79 Å². The lowest BCUT2D eigenvalue weighted by atomic mass is 9.96. The molecule has 0 saturated carbocycles. The molecule has 8 nitrogen and oxygen atoms in total. The zero-order valence-electron chi connectivity index (χ0n) is 17.5. The van der Waals surface area contributed by atoms with Gasteiger partial charge < -0.3 is 29.4 Å². The molecule has 0 aliphatic carbocycles. The van der Waals surface area contributed by atoms with Gasteiger partial charge in [-0.15, -0.1) is 0 Å². The van der Waals surface area contributed by atoms with Crippen LogP contribution in [0.4, 0.5) is 0 Å². The van der Waals surface area contributed by atoms with E-state index in [2.05, 4.69) is 5.32 Å². The van der Waals surface area contributed by atoms with Crippen molar-refractivity contribution in [1.29, 1.82) is 0 Å². The van der Waals surface area contributed by atoms with Gasteiger partial charge in [-0.25, -0.2) is 4.79 Å². The number of ether oxygens (including phenoxy) is 4. The smallest absolute Gasteiger partial charge is 0.338 e. The number of methoxy groups -OCH3 is 1. The molecule has 1 heterocycles. The van der Waals surface area contributed by atoms with Crippen LogP contribution in [-0.4, -0.2) is 61.3 Å². The lowest BCUT2D eigenvalue weighted by Gasteiger charge is -2.43. The summed E-state index contributed by atoms with van der Waals surface area (Å²) in [6.45, 7) is 1.70. The Morgan fingerprint density at radius 3 is 2.32 bits per heavy atom. The molecule has 0 bridgehead atoms. The van der Waals surface area contributed by atoms with Crippen LogP contribution in [0.1, 0.15) is 22.8 Å².